The Morgan fingerprint density at radius 3 is 2.72 bits per heavy atom. The van der Waals surface area contributed by atoms with Crippen molar-refractivity contribution >= 4 is 11.6 Å². The van der Waals surface area contributed by atoms with E-state index < -0.39 is 0 Å². The van der Waals surface area contributed by atoms with Crippen LogP contribution >= 0.6 is 0 Å². The molecule has 5 rings (SSSR count). The van der Waals surface area contributed by atoms with E-state index >= 15 is 0 Å². The standard InChI is InChI=1S/C22H31N5O2/c1-14-18(10-23-21-6-7-24-27(14)21)22(28)26-11-16-8-19(25(2)3)20(9-17(16)12-26)29-13-15-4-5-15/h6-7,10,15-17,19-20H,4-5,8-9,11-13H2,1-3H3/t16-,17+,19-,20-/m1/s1. The fourth-order valence-electron chi connectivity index (χ4n) is 5.19. The van der Waals surface area contributed by atoms with Crippen LogP contribution in [0.1, 0.15) is 41.7 Å². The molecule has 156 valence electrons. The lowest BCUT2D eigenvalue weighted by molar-refractivity contribution is -0.0493. The summed E-state index contributed by atoms with van der Waals surface area (Å²) in [5.41, 5.74) is 2.29. The van der Waals surface area contributed by atoms with Crippen LogP contribution in [-0.4, -0.2) is 76.2 Å². The molecular formula is C22H31N5O2. The van der Waals surface area contributed by atoms with Gasteiger partial charge in [-0.15, -0.1) is 0 Å². The average molecular weight is 398 g/mol. The van der Waals surface area contributed by atoms with E-state index in [1.54, 1.807) is 16.9 Å². The quantitative estimate of drug-likeness (QED) is 0.774. The number of aromatic nitrogens is 3. The SMILES string of the molecule is Cc1c(C(=O)N2C[C@H]3C[C@@H](N(C)C)[C@H](OCC4CC4)C[C@H]3C2)cnc2ccnn12. The maximum absolute atomic E-state index is 13.3. The molecule has 3 fully saturated rings. The van der Waals surface area contributed by atoms with Gasteiger partial charge in [-0.2, -0.15) is 5.10 Å². The van der Waals surface area contributed by atoms with Crippen LogP contribution in [0, 0.1) is 24.7 Å². The zero-order chi connectivity index (χ0) is 20.1. The number of likely N-dealkylation sites (N-methyl/N-ethyl adjacent to an activating group) is 1. The zero-order valence-electron chi connectivity index (χ0n) is 17.6. The summed E-state index contributed by atoms with van der Waals surface area (Å²) in [4.78, 5) is 22.1. The highest BCUT2D eigenvalue weighted by Gasteiger charge is 2.45. The number of amides is 1. The van der Waals surface area contributed by atoms with Gasteiger partial charge in [0.2, 0.25) is 0 Å². The average Bonchev–Trinajstić information content (AvgIpc) is 3.23. The lowest BCUT2D eigenvalue weighted by atomic mass is 9.77. The van der Waals surface area contributed by atoms with Crippen LogP contribution in [0.15, 0.2) is 18.5 Å². The van der Waals surface area contributed by atoms with Gasteiger partial charge in [0, 0.05) is 38.0 Å². The molecule has 1 aliphatic heterocycles. The molecule has 2 aromatic rings. The van der Waals surface area contributed by atoms with Crippen molar-refractivity contribution in [1.29, 1.82) is 0 Å². The first kappa shape index (κ1) is 19.0. The lowest BCUT2D eigenvalue weighted by Crippen LogP contribution is -2.48. The minimum atomic E-state index is 0.0821. The summed E-state index contributed by atoms with van der Waals surface area (Å²) in [6, 6.07) is 2.29. The van der Waals surface area contributed by atoms with Crippen molar-refractivity contribution in [2.75, 3.05) is 33.8 Å². The number of nitrogens with zero attached hydrogens (tertiary/aromatic N) is 5. The second-order valence-corrected chi connectivity index (χ2v) is 9.41. The fourth-order valence-corrected chi connectivity index (χ4v) is 5.19. The molecule has 3 heterocycles. The first-order chi connectivity index (χ1) is 14.0. The van der Waals surface area contributed by atoms with E-state index in [1.165, 1.54) is 12.8 Å². The van der Waals surface area contributed by atoms with Crippen LogP contribution in [-0.2, 0) is 4.74 Å². The topological polar surface area (TPSA) is 63.0 Å². The number of fused-ring (bicyclic) bond motifs is 2. The Bertz CT molecular complexity index is 906. The largest absolute Gasteiger partial charge is 0.376 e. The number of likely N-dealkylation sites (tertiary alicyclic amines) is 1. The third-order valence-electron chi connectivity index (χ3n) is 7.16. The molecule has 2 aromatic heterocycles. The van der Waals surface area contributed by atoms with Gasteiger partial charge in [0.15, 0.2) is 5.65 Å². The van der Waals surface area contributed by atoms with E-state index in [0.717, 1.165) is 49.8 Å². The monoisotopic (exact) mass is 397 g/mol. The van der Waals surface area contributed by atoms with Crippen molar-refractivity contribution in [1.82, 2.24) is 24.4 Å². The van der Waals surface area contributed by atoms with Gasteiger partial charge in [-0.1, -0.05) is 0 Å². The number of carbonyl (C=O) groups is 1. The Kier molecular flexibility index (Phi) is 4.82. The fraction of sp³-hybridized carbons (Fsp3) is 0.682. The predicted octanol–water partition coefficient (Wildman–Crippen LogP) is 2.25. The Morgan fingerprint density at radius 1 is 1.24 bits per heavy atom. The van der Waals surface area contributed by atoms with Gasteiger partial charge in [-0.25, -0.2) is 9.50 Å². The summed E-state index contributed by atoms with van der Waals surface area (Å²) in [7, 11) is 4.31. The van der Waals surface area contributed by atoms with E-state index in [4.69, 9.17) is 4.74 Å². The smallest absolute Gasteiger partial charge is 0.257 e. The Morgan fingerprint density at radius 2 is 2.00 bits per heavy atom. The molecule has 1 saturated heterocycles. The second-order valence-electron chi connectivity index (χ2n) is 9.41. The third kappa shape index (κ3) is 3.55. The highest BCUT2D eigenvalue weighted by atomic mass is 16.5. The van der Waals surface area contributed by atoms with Crippen LogP contribution in [0.2, 0.25) is 0 Å². The molecule has 2 saturated carbocycles. The maximum atomic E-state index is 13.3. The molecule has 0 N–H and O–H groups in total. The molecule has 0 radical (unpaired) electrons. The minimum absolute atomic E-state index is 0.0821. The first-order valence-corrected chi connectivity index (χ1v) is 10.9. The summed E-state index contributed by atoms with van der Waals surface area (Å²) in [5.74, 6) is 1.94. The van der Waals surface area contributed by atoms with Gasteiger partial charge in [0.25, 0.3) is 5.91 Å². The van der Waals surface area contributed by atoms with Gasteiger partial charge in [-0.3, -0.25) is 4.79 Å². The third-order valence-corrected chi connectivity index (χ3v) is 7.16. The molecule has 0 spiro atoms. The van der Waals surface area contributed by atoms with Crippen LogP contribution in [0.25, 0.3) is 5.65 Å². The number of hydrogen-bond acceptors (Lipinski definition) is 5. The van der Waals surface area contributed by atoms with E-state index in [0.29, 0.717) is 23.4 Å². The van der Waals surface area contributed by atoms with Gasteiger partial charge in [-0.05, 0) is 64.5 Å². The normalized spacial score (nSPS) is 29.6. The molecule has 2 aliphatic carbocycles. The van der Waals surface area contributed by atoms with Crippen molar-refractivity contribution in [3.05, 3.63) is 29.7 Å². The maximum Gasteiger partial charge on any atom is 0.257 e. The van der Waals surface area contributed by atoms with Crippen LogP contribution in [0.4, 0.5) is 0 Å². The van der Waals surface area contributed by atoms with Crippen molar-refractivity contribution in [3.8, 4) is 0 Å². The van der Waals surface area contributed by atoms with Crippen LogP contribution in [0.5, 0.6) is 0 Å². The summed E-state index contributed by atoms with van der Waals surface area (Å²) in [5, 5.41) is 4.30. The molecule has 4 atom stereocenters. The predicted molar refractivity (Wildman–Crippen MR) is 110 cm³/mol. The second kappa shape index (κ2) is 7.36. The number of rotatable bonds is 5. The minimum Gasteiger partial charge on any atom is -0.376 e. The van der Waals surface area contributed by atoms with Crippen molar-refractivity contribution < 1.29 is 9.53 Å². The number of aryl methyl sites for hydroxylation is 1. The van der Waals surface area contributed by atoms with Crippen molar-refractivity contribution in [2.45, 2.75) is 44.8 Å². The number of ether oxygens (including phenoxy) is 1. The molecule has 3 aliphatic rings. The molecule has 29 heavy (non-hydrogen) atoms. The molecule has 1 amide bonds. The van der Waals surface area contributed by atoms with Crippen LogP contribution in [0.3, 0.4) is 0 Å². The molecular weight excluding hydrogens is 366 g/mol. The lowest BCUT2D eigenvalue weighted by Gasteiger charge is -2.41. The van der Waals surface area contributed by atoms with Gasteiger partial charge in [0.05, 0.1) is 23.6 Å². The highest BCUT2D eigenvalue weighted by molar-refractivity contribution is 5.95. The van der Waals surface area contributed by atoms with Crippen LogP contribution < -0.4 is 0 Å². The summed E-state index contributed by atoms with van der Waals surface area (Å²) < 4.78 is 8.11. The summed E-state index contributed by atoms with van der Waals surface area (Å²) >= 11 is 0. The van der Waals surface area contributed by atoms with Gasteiger partial charge < -0.3 is 14.5 Å². The molecule has 7 heteroatoms. The molecule has 7 nitrogen and oxygen atoms in total. The Hall–Kier alpha value is -1.99. The van der Waals surface area contributed by atoms with E-state index in [9.17, 15) is 4.79 Å². The molecule has 0 unspecified atom stereocenters. The van der Waals surface area contributed by atoms with Crippen molar-refractivity contribution in [2.24, 2.45) is 17.8 Å². The molecule has 0 aromatic carbocycles. The Balaban J connectivity index is 1.31. The number of carbonyl (C=O) groups excluding carboxylic acids is 1. The van der Waals surface area contributed by atoms with E-state index in [2.05, 4.69) is 29.1 Å². The van der Waals surface area contributed by atoms with E-state index in [-0.39, 0.29) is 12.0 Å². The highest BCUT2D eigenvalue weighted by Crippen LogP contribution is 2.40. The van der Waals surface area contributed by atoms with Crippen molar-refractivity contribution in [3.63, 3.8) is 0 Å². The first-order valence-electron chi connectivity index (χ1n) is 10.9. The summed E-state index contributed by atoms with van der Waals surface area (Å²) in [6.07, 6.45) is 8.51. The summed E-state index contributed by atoms with van der Waals surface area (Å²) in [6.45, 7) is 4.51. The number of hydrogen-bond donors (Lipinski definition) is 0. The molecule has 0 bridgehead atoms. The zero-order valence-corrected chi connectivity index (χ0v) is 17.6. The van der Waals surface area contributed by atoms with E-state index in [1.807, 2.05) is 17.9 Å². The van der Waals surface area contributed by atoms with Gasteiger partial charge >= 0.3 is 0 Å². The van der Waals surface area contributed by atoms with Gasteiger partial charge in [0.1, 0.15) is 0 Å². The Labute approximate surface area is 172 Å².